The number of aryl methyl sites for hydroxylation is 4. The number of hydrogen-bond acceptors (Lipinski definition) is 6. The average Bonchev–Trinajstić information content (AvgIpc) is 3.06. The molecule has 4 aromatic rings. The summed E-state index contributed by atoms with van der Waals surface area (Å²) in [6.45, 7) is 8.19. The minimum absolute atomic E-state index is 0.0971. The van der Waals surface area contributed by atoms with E-state index in [1.165, 1.54) is 23.1 Å². The van der Waals surface area contributed by atoms with Crippen molar-refractivity contribution in [3.8, 4) is 0 Å². The van der Waals surface area contributed by atoms with E-state index in [9.17, 15) is 9.59 Å². The van der Waals surface area contributed by atoms with Gasteiger partial charge in [-0.3, -0.25) is 19.1 Å². The van der Waals surface area contributed by atoms with Crippen molar-refractivity contribution in [3.63, 3.8) is 0 Å². The van der Waals surface area contributed by atoms with E-state index in [1.54, 1.807) is 10.8 Å². The van der Waals surface area contributed by atoms with Gasteiger partial charge in [0.05, 0.1) is 23.4 Å². The molecule has 0 unspecified atom stereocenters. The monoisotopic (exact) mass is 464 g/mol. The summed E-state index contributed by atoms with van der Waals surface area (Å²) in [7, 11) is 0. The van der Waals surface area contributed by atoms with E-state index in [0.29, 0.717) is 21.9 Å². The third kappa shape index (κ3) is 4.47. The lowest BCUT2D eigenvalue weighted by Crippen LogP contribution is -2.25. The fourth-order valence-corrected chi connectivity index (χ4v) is 5.40. The molecule has 164 valence electrons. The van der Waals surface area contributed by atoms with Crippen molar-refractivity contribution in [2.75, 3.05) is 11.1 Å². The highest BCUT2D eigenvalue weighted by atomic mass is 32.2. The third-order valence-corrected chi connectivity index (χ3v) is 7.46. The molecule has 8 heteroatoms. The second kappa shape index (κ2) is 9.26. The van der Waals surface area contributed by atoms with Gasteiger partial charge in [-0.15, -0.1) is 11.3 Å². The molecule has 1 aromatic carbocycles. The average molecular weight is 465 g/mol. The molecule has 6 nitrogen and oxygen atoms in total. The summed E-state index contributed by atoms with van der Waals surface area (Å²) in [5, 5.41) is 4.16. The molecule has 0 radical (unpaired) electrons. The van der Waals surface area contributed by atoms with Gasteiger partial charge in [-0.05, 0) is 56.5 Å². The molecule has 4 rings (SSSR count). The van der Waals surface area contributed by atoms with Gasteiger partial charge in [-0.25, -0.2) is 4.98 Å². The Morgan fingerprint density at radius 3 is 2.53 bits per heavy atom. The van der Waals surface area contributed by atoms with Crippen molar-refractivity contribution in [3.05, 3.63) is 80.2 Å². The third-order valence-electron chi connectivity index (χ3n) is 5.38. The Morgan fingerprint density at radius 1 is 1.09 bits per heavy atom. The van der Waals surface area contributed by atoms with Crippen molar-refractivity contribution in [1.82, 2.24) is 14.5 Å². The number of thiophene rings is 1. The number of carbonyl (C=O) groups is 1. The van der Waals surface area contributed by atoms with Crippen LogP contribution >= 0.6 is 23.1 Å². The van der Waals surface area contributed by atoms with Crippen LogP contribution in [0.25, 0.3) is 10.2 Å². The Kier molecular flexibility index (Phi) is 6.43. The zero-order valence-corrected chi connectivity index (χ0v) is 20.1. The van der Waals surface area contributed by atoms with Gasteiger partial charge in [0.15, 0.2) is 5.16 Å². The van der Waals surface area contributed by atoms with Gasteiger partial charge in [-0.1, -0.05) is 36.0 Å². The zero-order chi connectivity index (χ0) is 22.8. The molecule has 3 aromatic heterocycles. The van der Waals surface area contributed by atoms with E-state index in [4.69, 9.17) is 4.98 Å². The number of para-hydroxylation sites is 1. The lowest BCUT2D eigenvalue weighted by Gasteiger charge is -2.13. The van der Waals surface area contributed by atoms with E-state index in [-0.39, 0.29) is 17.2 Å². The van der Waals surface area contributed by atoms with Gasteiger partial charge in [0.2, 0.25) is 5.91 Å². The number of nitrogens with one attached hydrogen (secondary N) is 1. The summed E-state index contributed by atoms with van der Waals surface area (Å²) in [4.78, 5) is 37.0. The number of fused-ring (bicyclic) bond motifs is 1. The summed E-state index contributed by atoms with van der Waals surface area (Å²) in [6, 6.07) is 11.5. The van der Waals surface area contributed by atoms with Crippen LogP contribution in [-0.4, -0.2) is 26.2 Å². The maximum Gasteiger partial charge on any atom is 0.263 e. The topological polar surface area (TPSA) is 76.9 Å². The predicted molar refractivity (Wildman–Crippen MR) is 132 cm³/mol. The number of carbonyl (C=O) groups excluding carboxylic acids is 1. The van der Waals surface area contributed by atoms with Crippen LogP contribution in [0.3, 0.4) is 0 Å². The van der Waals surface area contributed by atoms with Crippen LogP contribution in [-0.2, 0) is 11.3 Å². The molecule has 0 aliphatic carbocycles. The Hall–Kier alpha value is -2.97. The molecular weight excluding hydrogens is 440 g/mol. The molecule has 0 fully saturated rings. The molecule has 3 heterocycles. The largest absolute Gasteiger partial charge is 0.325 e. The molecule has 32 heavy (non-hydrogen) atoms. The number of nitrogens with zero attached hydrogens (tertiary/aromatic N) is 3. The molecule has 0 aliphatic rings. The molecule has 0 bridgehead atoms. The Bertz CT molecular complexity index is 1340. The summed E-state index contributed by atoms with van der Waals surface area (Å²) in [5.41, 5.74) is 4.49. The molecular formula is C24H24N4O2S2. The highest BCUT2D eigenvalue weighted by Crippen LogP contribution is 2.29. The van der Waals surface area contributed by atoms with Gasteiger partial charge >= 0.3 is 0 Å². The number of rotatable bonds is 6. The second-order valence-electron chi connectivity index (χ2n) is 7.67. The smallest absolute Gasteiger partial charge is 0.263 e. The maximum absolute atomic E-state index is 13.4. The van der Waals surface area contributed by atoms with Crippen LogP contribution in [0.4, 0.5) is 5.69 Å². The Labute approximate surface area is 194 Å². The van der Waals surface area contributed by atoms with Crippen LogP contribution in [0.15, 0.2) is 52.5 Å². The first-order chi connectivity index (χ1) is 15.3. The van der Waals surface area contributed by atoms with Crippen LogP contribution in [0.5, 0.6) is 0 Å². The first-order valence-electron chi connectivity index (χ1n) is 10.2. The van der Waals surface area contributed by atoms with Crippen LogP contribution in [0.2, 0.25) is 0 Å². The summed E-state index contributed by atoms with van der Waals surface area (Å²) >= 11 is 2.78. The summed E-state index contributed by atoms with van der Waals surface area (Å²) in [5.74, 6) is 0.0155. The number of benzene rings is 1. The van der Waals surface area contributed by atoms with Gasteiger partial charge in [0, 0.05) is 16.8 Å². The fraction of sp³-hybridized carbons (Fsp3) is 0.250. The Balaban J connectivity index is 1.65. The molecule has 1 N–H and O–H groups in total. The van der Waals surface area contributed by atoms with E-state index in [2.05, 4.69) is 10.3 Å². The predicted octanol–water partition coefficient (Wildman–Crippen LogP) is 4.87. The minimum atomic E-state index is -0.135. The SMILES string of the molecule is Cc1cccc(C)c1NC(=O)CSc1nc2sc(C)c(C)c2c(=O)n1Cc1ccccn1. The van der Waals surface area contributed by atoms with E-state index < -0.39 is 0 Å². The van der Waals surface area contributed by atoms with Gasteiger partial charge in [0.25, 0.3) is 5.56 Å². The molecule has 0 spiro atoms. The first kappa shape index (κ1) is 22.2. The van der Waals surface area contributed by atoms with Crippen LogP contribution in [0.1, 0.15) is 27.3 Å². The number of amides is 1. The number of pyridine rings is 1. The summed E-state index contributed by atoms with van der Waals surface area (Å²) < 4.78 is 1.63. The molecule has 1 amide bonds. The minimum Gasteiger partial charge on any atom is -0.325 e. The van der Waals surface area contributed by atoms with Gasteiger partial charge < -0.3 is 5.32 Å². The van der Waals surface area contributed by atoms with Gasteiger partial charge in [-0.2, -0.15) is 0 Å². The number of aromatic nitrogens is 3. The quantitative estimate of drug-likeness (QED) is 0.326. The first-order valence-corrected chi connectivity index (χ1v) is 12.0. The zero-order valence-electron chi connectivity index (χ0n) is 18.4. The van der Waals surface area contributed by atoms with Crippen molar-refractivity contribution < 1.29 is 4.79 Å². The summed E-state index contributed by atoms with van der Waals surface area (Å²) in [6.07, 6.45) is 1.71. The Morgan fingerprint density at radius 2 is 1.84 bits per heavy atom. The van der Waals surface area contributed by atoms with E-state index >= 15 is 0 Å². The highest BCUT2D eigenvalue weighted by Gasteiger charge is 2.18. The molecule has 0 aliphatic heterocycles. The normalized spacial score (nSPS) is 11.1. The van der Waals surface area contributed by atoms with Gasteiger partial charge in [0.1, 0.15) is 4.83 Å². The van der Waals surface area contributed by atoms with E-state index in [1.807, 2.05) is 64.1 Å². The number of anilines is 1. The van der Waals surface area contributed by atoms with Crippen molar-refractivity contribution >= 4 is 44.9 Å². The van der Waals surface area contributed by atoms with Crippen LogP contribution < -0.4 is 10.9 Å². The number of thioether (sulfide) groups is 1. The standard InChI is InChI=1S/C24H24N4O2S2/c1-14-8-7-9-15(2)21(14)26-19(29)13-31-24-27-22-20(16(3)17(4)32-22)23(30)28(24)12-18-10-5-6-11-25-18/h5-11H,12-13H2,1-4H3,(H,26,29). The van der Waals surface area contributed by atoms with E-state index in [0.717, 1.165) is 32.9 Å². The van der Waals surface area contributed by atoms with Crippen LogP contribution in [0, 0.1) is 27.7 Å². The lowest BCUT2D eigenvalue weighted by atomic mass is 10.1. The molecule has 0 saturated carbocycles. The number of hydrogen-bond donors (Lipinski definition) is 1. The highest BCUT2D eigenvalue weighted by molar-refractivity contribution is 7.99. The molecule has 0 atom stereocenters. The molecule has 0 saturated heterocycles. The van der Waals surface area contributed by atoms with Crippen molar-refractivity contribution in [2.24, 2.45) is 0 Å². The lowest BCUT2D eigenvalue weighted by molar-refractivity contribution is -0.113. The van der Waals surface area contributed by atoms with Crippen molar-refractivity contribution in [2.45, 2.75) is 39.4 Å². The second-order valence-corrected chi connectivity index (χ2v) is 9.82. The fourth-order valence-electron chi connectivity index (χ4n) is 3.53. The van der Waals surface area contributed by atoms with Crippen molar-refractivity contribution in [1.29, 1.82) is 0 Å². The maximum atomic E-state index is 13.4.